The minimum absolute atomic E-state index is 0.331. The molecule has 0 saturated carbocycles. The highest BCUT2D eigenvalue weighted by atomic mass is 16.5. The van der Waals surface area contributed by atoms with E-state index in [9.17, 15) is 9.59 Å². The summed E-state index contributed by atoms with van der Waals surface area (Å²) in [6.07, 6.45) is 3.21. The quantitative estimate of drug-likeness (QED) is 0.710. The van der Waals surface area contributed by atoms with Gasteiger partial charge in [-0.25, -0.2) is 14.9 Å². The summed E-state index contributed by atoms with van der Waals surface area (Å²) in [5.41, 5.74) is 0. The lowest BCUT2D eigenvalue weighted by atomic mass is 10.4. The zero-order valence-electron chi connectivity index (χ0n) is 9.99. The van der Waals surface area contributed by atoms with Crippen molar-refractivity contribution in [3.63, 3.8) is 0 Å². The number of unbranched alkanes of at least 4 members (excludes halogenated alkanes) is 1. The fourth-order valence-electron chi connectivity index (χ4n) is 1.02. The number of ether oxygens (including phenoxy) is 1. The van der Waals surface area contributed by atoms with E-state index in [0.717, 1.165) is 19.3 Å². The largest absolute Gasteiger partial charge is 0.449 e. The van der Waals surface area contributed by atoms with Gasteiger partial charge in [-0.1, -0.05) is 26.8 Å². The van der Waals surface area contributed by atoms with Crippen molar-refractivity contribution in [1.29, 1.82) is 0 Å². The van der Waals surface area contributed by atoms with Crippen LogP contribution in [0.25, 0.3) is 0 Å². The lowest BCUT2D eigenvalue weighted by molar-refractivity contribution is 0.142. The average molecular weight is 228 g/mol. The monoisotopic (exact) mass is 228 g/mol. The SMILES string of the molecule is C=CN(CCC)C(=O)NC(=O)OCCCC. The van der Waals surface area contributed by atoms with Crippen LogP contribution in [0.4, 0.5) is 9.59 Å². The van der Waals surface area contributed by atoms with Crippen LogP contribution in [0.2, 0.25) is 0 Å². The molecule has 92 valence electrons. The minimum atomic E-state index is -0.707. The summed E-state index contributed by atoms with van der Waals surface area (Å²) in [6.45, 7) is 8.28. The summed E-state index contributed by atoms with van der Waals surface area (Å²) < 4.78 is 4.79. The Morgan fingerprint density at radius 3 is 2.56 bits per heavy atom. The van der Waals surface area contributed by atoms with Crippen molar-refractivity contribution in [1.82, 2.24) is 10.2 Å². The Labute approximate surface area is 96.4 Å². The number of urea groups is 1. The third-order valence-corrected chi connectivity index (χ3v) is 1.89. The molecule has 0 aromatic heterocycles. The number of amides is 3. The van der Waals surface area contributed by atoms with E-state index >= 15 is 0 Å². The van der Waals surface area contributed by atoms with E-state index in [1.165, 1.54) is 11.1 Å². The van der Waals surface area contributed by atoms with Crippen LogP contribution in [0.5, 0.6) is 0 Å². The standard InChI is InChI=1S/C11H20N2O3/c1-4-7-9-16-11(15)12-10(14)13(6-3)8-5-2/h6H,3-5,7-9H2,1-2H3,(H,12,14,15). The molecule has 5 heteroatoms. The second kappa shape index (κ2) is 8.76. The van der Waals surface area contributed by atoms with Gasteiger partial charge in [-0.2, -0.15) is 0 Å². The Morgan fingerprint density at radius 2 is 2.06 bits per heavy atom. The molecule has 0 unspecified atom stereocenters. The maximum atomic E-state index is 11.5. The van der Waals surface area contributed by atoms with Gasteiger partial charge in [0.2, 0.25) is 0 Å². The summed E-state index contributed by atoms with van der Waals surface area (Å²) >= 11 is 0. The molecule has 0 aromatic carbocycles. The van der Waals surface area contributed by atoms with Crippen LogP contribution in [-0.4, -0.2) is 30.2 Å². The molecule has 3 amide bonds. The molecule has 0 atom stereocenters. The minimum Gasteiger partial charge on any atom is -0.449 e. The van der Waals surface area contributed by atoms with Gasteiger partial charge in [0.05, 0.1) is 6.61 Å². The zero-order valence-corrected chi connectivity index (χ0v) is 9.99. The Balaban J connectivity index is 3.92. The predicted molar refractivity (Wildman–Crippen MR) is 62.0 cm³/mol. The number of hydrogen-bond acceptors (Lipinski definition) is 3. The molecule has 5 nitrogen and oxygen atoms in total. The third-order valence-electron chi connectivity index (χ3n) is 1.89. The molecule has 0 fully saturated rings. The normalized spacial score (nSPS) is 9.38. The van der Waals surface area contributed by atoms with Gasteiger partial charge in [0.15, 0.2) is 0 Å². The number of alkyl carbamates (subject to hydrolysis) is 1. The first-order valence-corrected chi connectivity index (χ1v) is 5.52. The third kappa shape index (κ3) is 6.06. The Bertz CT molecular complexity index is 241. The number of hydrogen-bond donors (Lipinski definition) is 1. The molecule has 1 N–H and O–H groups in total. The molecule has 0 radical (unpaired) electrons. The molecule has 0 heterocycles. The Kier molecular flexibility index (Phi) is 7.93. The van der Waals surface area contributed by atoms with Gasteiger partial charge in [0.25, 0.3) is 0 Å². The van der Waals surface area contributed by atoms with Gasteiger partial charge in [-0.3, -0.25) is 0 Å². The topological polar surface area (TPSA) is 58.6 Å². The van der Waals surface area contributed by atoms with Crippen LogP contribution in [0.3, 0.4) is 0 Å². The molecule has 0 rings (SSSR count). The highest BCUT2D eigenvalue weighted by Gasteiger charge is 2.13. The van der Waals surface area contributed by atoms with Crippen LogP contribution in [-0.2, 0) is 4.74 Å². The van der Waals surface area contributed by atoms with E-state index in [1.54, 1.807) is 0 Å². The molecule has 0 bridgehead atoms. The van der Waals surface area contributed by atoms with Crippen molar-refractivity contribution in [2.45, 2.75) is 33.1 Å². The van der Waals surface area contributed by atoms with Crippen molar-refractivity contribution in [3.05, 3.63) is 12.8 Å². The Morgan fingerprint density at radius 1 is 1.38 bits per heavy atom. The first kappa shape index (κ1) is 14.5. The number of carbonyl (C=O) groups excluding carboxylic acids is 2. The number of imide groups is 1. The summed E-state index contributed by atoms with van der Waals surface area (Å²) in [5, 5.41) is 2.13. The molecule has 0 aliphatic heterocycles. The van der Waals surface area contributed by atoms with Crippen molar-refractivity contribution in [3.8, 4) is 0 Å². The van der Waals surface area contributed by atoms with Crippen LogP contribution < -0.4 is 5.32 Å². The zero-order chi connectivity index (χ0) is 12.4. The maximum absolute atomic E-state index is 11.5. The molecular weight excluding hydrogens is 208 g/mol. The number of nitrogens with zero attached hydrogens (tertiary/aromatic N) is 1. The van der Waals surface area contributed by atoms with E-state index in [0.29, 0.717) is 13.2 Å². The van der Waals surface area contributed by atoms with E-state index in [-0.39, 0.29) is 0 Å². The van der Waals surface area contributed by atoms with Gasteiger partial charge in [-0.05, 0) is 12.8 Å². The molecule has 0 spiro atoms. The fourth-order valence-corrected chi connectivity index (χ4v) is 1.02. The van der Waals surface area contributed by atoms with Crippen LogP contribution in [0.15, 0.2) is 12.8 Å². The van der Waals surface area contributed by atoms with Gasteiger partial charge in [0.1, 0.15) is 0 Å². The van der Waals surface area contributed by atoms with E-state index in [2.05, 4.69) is 11.9 Å². The lowest BCUT2D eigenvalue weighted by Gasteiger charge is -2.16. The number of rotatable bonds is 6. The predicted octanol–water partition coefficient (Wildman–Crippen LogP) is 2.49. The molecule has 0 aromatic rings. The van der Waals surface area contributed by atoms with Crippen LogP contribution >= 0.6 is 0 Å². The molecular formula is C11H20N2O3. The fraction of sp³-hybridized carbons (Fsp3) is 0.636. The van der Waals surface area contributed by atoms with E-state index in [1.807, 2.05) is 13.8 Å². The van der Waals surface area contributed by atoms with Crippen molar-refractivity contribution >= 4 is 12.1 Å². The number of nitrogens with one attached hydrogen (secondary N) is 1. The summed E-state index contributed by atoms with van der Waals surface area (Å²) in [5.74, 6) is 0. The average Bonchev–Trinajstić information content (AvgIpc) is 2.26. The molecule has 16 heavy (non-hydrogen) atoms. The smallest absolute Gasteiger partial charge is 0.415 e. The molecule has 0 aliphatic rings. The lowest BCUT2D eigenvalue weighted by Crippen LogP contribution is -2.40. The summed E-state index contributed by atoms with van der Waals surface area (Å²) in [6, 6.07) is -0.502. The van der Waals surface area contributed by atoms with Gasteiger partial charge >= 0.3 is 12.1 Å². The van der Waals surface area contributed by atoms with Crippen LogP contribution in [0, 0.1) is 0 Å². The first-order valence-electron chi connectivity index (χ1n) is 5.52. The molecule has 0 saturated heterocycles. The van der Waals surface area contributed by atoms with Crippen molar-refractivity contribution in [2.75, 3.05) is 13.2 Å². The second-order valence-electron chi connectivity index (χ2n) is 3.30. The maximum Gasteiger partial charge on any atom is 0.415 e. The van der Waals surface area contributed by atoms with Crippen molar-refractivity contribution in [2.24, 2.45) is 0 Å². The first-order chi connectivity index (χ1) is 7.65. The highest BCUT2D eigenvalue weighted by molar-refractivity contribution is 5.91. The molecule has 0 aliphatic carbocycles. The number of carbonyl (C=O) groups is 2. The second-order valence-corrected chi connectivity index (χ2v) is 3.30. The van der Waals surface area contributed by atoms with Gasteiger partial charge in [0, 0.05) is 12.7 Å². The van der Waals surface area contributed by atoms with Crippen LogP contribution in [0.1, 0.15) is 33.1 Å². The highest BCUT2D eigenvalue weighted by Crippen LogP contribution is 1.94. The van der Waals surface area contributed by atoms with Gasteiger partial charge in [-0.15, -0.1) is 0 Å². The summed E-state index contributed by atoms with van der Waals surface area (Å²) in [4.78, 5) is 23.9. The van der Waals surface area contributed by atoms with E-state index < -0.39 is 12.1 Å². The Hall–Kier alpha value is -1.52. The van der Waals surface area contributed by atoms with E-state index in [4.69, 9.17) is 4.74 Å². The summed E-state index contributed by atoms with van der Waals surface area (Å²) in [7, 11) is 0. The van der Waals surface area contributed by atoms with Crippen molar-refractivity contribution < 1.29 is 14.3 Å². The van der Waals surface area contributed by atoms with Gasteiger partial charge < -0.3 is 9.64 Å².